The smallest absolute Gasteiger partial charge is 0.306 e. The first-order chi connectivity index (χ1) is 39.0. The summed E-state index contributed by atoms with van der Waals surface area (Å²) >= 11 is 0. The quantitative estimate of drug-likeness (QED) is 0.0261. The van der Waals surface area contributed by atoms with Crippen molar-refractivity contribution in [2.24, 2.45) is 0 Å². The van der Waals surface area contributed by atoms with Gasteiger partial charge in [-0.05, 0) is 116 Å². The Labute approximate surface area is 488 Å². The van der Waals surface area contributed by atoms with Crippen molar-refractivity contribution in [1.82, 2.24) is 0 Å². The fourth-order valence-electron chi connectivity index (χ4n) is 9.02. The van der Waals surface area contributed by atoms with Gasteiger partial charge in [-0.2, -0.15) is 0 Å². The summed E-state index contributed by atoms with van der Waals surface area (Å²) in [4.78, 5) is 38.3. The molecule has 0 aromatic heterocycles. The molecule has 0 aliphatic rings. The zero-order valence-corrected chi connectivity index (χ0v) is 51.6. The van der Waals surface area contributed by atoms with Crippen LogP contribution in [0.4, 0.5) is 0 Å². The van der Waals surface area contributed by atoms with Crippen LogP contribution in [0, 0.1) is 0 Å². The summed E-state index contributed by atoms with van der Waals surface area (Å²) in [5.41, 5.74) is 0. The lowest BCUT2D eigenvalue weighted by molar-refractivity contribution is -0.167. The van der Waals surface area contributed by atoms with Crippen molar-refractivity contribution in [2.45, 2.75) is 309 Å². The minimum absolute atomic E-state index is 0.0849. The minimum Gasteiger partial charge on any atom is -0.462 e. The van der Waals surface area contributed by atoms with Crippen LogP contribution in [0.15, 0.2) is 122 Å². The van der Waals surface area contributed by atoms with Crippen molar-refractivity contribution in [3.05, 3.63) is 122 Å². The fraction of sp³-hybridized carbons (Fsp3) is 0.685. The van der Waals surface area contributed by atoms with Crippen LogP contribution >= 0.6 is 0 Å². The van der Waals surface area contributed by atoms with E-state index >= 15 is 0 Å². The first kappa shape index (κ1) is 74.8. The Morgan fingerprint density at radius 1 is 0.266 bits per heavy atom. The van der Waals surface area contributed by atoms with Gasteiger partial charge in [-0.1, -0.05) is 290 Å². The van der Waals surface area contributed by atoms with Gasteiger partial charge < -0.3 is 14.2 Å². The van der Waals surface area contributed by atoms with Gasteiger partial charge in [-0.3, -0.25) is 14.4 Å². The van der Waals surface area contributed by atoms with Crippen LogP contribution in [0.1, 0.15) is 303 Å². The molecule has 0 bridgehead atoms. The van der Waals surface area contributed by atoms with Gasteiger partial charge >= 0.3 is 17.9 Å². The molecule has 0 aromatic rings. The molecular weight excluding hydrogens is 973 g/mol. The second kappa shape index (κ2) is 66.3. The Morgan fingerprint density at radius 3 is 0.797 bits per heavy atom. The maximum atomic E-state index is 12.9. The molecule has 1 unspecified atom stereocenters. The van der Waals surface area contributed by atoms with Crippen molar-refractivity contribution in [3.63, 3.8) is 0 Å². The van der Waals surface area contributed by atoms with Crippen LogP contribution in [0.2, 0.25) is 0 Å². The van der Waals surface area contributed by atoms with E-state index in [0.717, 1.165) is 141 Å². The molecule has 0 N–H and O–H groups in total. The second-order valence-corrected chi connectivity index (χ2v) is 21.6. The van der Waals surface area contributed by atoms with Crippen LogP contribution < -0.4 is 0 Å². The highest BCUT2D eigenvalue weighted by molar-refractivity contribution is 5.71. The Morgan fingerprint density at radius 2 is 0.494 bits per heavy atom. The van der Waals surface area contributed by atoms with E-state index in [2.05, 4.69) is 142 Å². The number of allylic oxidation sites excluding steroid dienone is 20. The van der Waals surface area contributed by atoms with Gasteiger partial charge in [0.05, 0.1) is 0 Å². The lowest BCUT2D eigenvalue weighted by Crippen LogP contribution is -2.30. The predicted octanol–water partition coefficient (Wildman–Crippen LogP) is 22.8. The molecule has 79 heavy (non-hydrogen) atoms. The molecule has 1 atom stereocenters. The third kappa shape index (κ3) is 64.5. The Balaban J connectivity index is 4.27. The van der Waals surface area contributed by atoms with E-state index in [1.807, 2.05) is 0 Å². The Bertz CT molecular complexity index is 1640. The van der Waals surface area contributed by atoms with E-state index in [-0.39, 0.29) is 31.1 Å². The van der Waals surface area contributed by atoms with Crippen molar-refractivity contribution < 1.29 is 28.6 Å². The summed E-state index contributed by atoms with van der Waals surface area (Å²) in [6.45, 7) is 6.50. The zero-order chi connectivity index (χ0) is 57.1. The zero-order valence-electron chi connectivity index (χ0n) is 51.6. The van der Waals surface area contributed by atoms with Crippen molar-refractivity contribution in [2.75, 3.05) is 13.2 Å². The van der Waals surface area contributed by atoms with Crippen LogP contribution in [0.3, 0.4) is 0 Å². The van der Waals surface area contributed by atoms with E-state index in [1.54, 1.807) is 0 Å². The largest absolute Gasteiger partial charge is 0.462 e. The number of ether oxygens (including phenoxy) is 3. The van der Waals surface area contributed by atoms with Crippen LogP contribution in [-0.4, -0.2) is 37.2 Å². The first-order valence-corrected chi connectivity index (χ1v) is 33.0. The van der Waals surface area contributed by atoms with Crippen molar-refractivity contribution in [3.8, 4) is 0 Å². The predicted molar refractivity (Wildman–Crippen MR) is 343 cm³/mol. The summed E-state index contributed by atoms with van der Waals surface area (Å²) < 4.78 is 16.9. The molecule has 0 fully saturated rings. The third-order valence-corrected chi connectivity index (χ3v) is 14.0. The molecule has 0 aliphatic carbocycles. The highest BCUT2D eigenvalue weighted by Gasteiger charge is 2.19. The van der Waals surface area contributed by atoms with Gasteiger partial charge in [0, 0.05) is 19.3 Å². The van der Waals surface area contributed by atoms with E-state index in [0.29, 0.717) is 19.3 Å². The summed E-state index contributed by atoms with van der Waals surface area (Å²) in [5, 5.41) is 0. The normalized spacial score (nSPS) is 12.9. The van der Waals surface area contributed by atoms with Crippen molar-refractivity contribution in [1.29, 1.82) is 0 Å². The standard InChI is InChI=1S/C73H122O6/c1-4-7-10-13-16-19-22-25-27-28-29-30-31-32-33-34-35-36-37-38-39-40-41-42-43-44-46-48-51-54-57-60-63-66-72(75)78-69-70(68-77-71(74)65-62-59-56-53-50-47-24-21-18-15-12-9-6-3)79-73(76)67-64-61-58-55-52-49-45-26-23-20-17-14-11-8-5-2/h7,10,16-17,19-20,25-27,29-30,32-33,35-36,38-39,41-42,45,70H,4-6,8-9,11-15,18,21-24,28,31,34,37,40,43-44,46-69H2,1-3H3/b10-7-,19-16-,20-17-,27-25-,30-29-,33-32-,36-35-,39-38-,42-41-,45-26-. The molecule has 450 valence electrons. The molecule has 6 heteroatoms. The lowest BCUT2D eigenvalue weighted by Gasteiger charge is -2.18. The molecule has 0 rings (SSSR count). The van der Waals surface area contributed by atoms with E-state index in [4.69, 9.17) is 14.2 Å². The topological polar surface area (TPSA) is 78.9 Å². The maximum Gasteiger partial charge on any atom is 0.306 e. The monoisotopic (exact) mass is 1090 g/mol. The summed E-state index contributed by atoms with van der Waals surface area (Å²) in [7, 11) is 0. The number of unbranched alkanes of at least 4 members (excludes halogenated alkanes) is 28. The highest BCUT2D eigenvalue weighted by atomic mass is 16.6. The lowest BCUT2D eigenvalue weighted by atomic mass is 10.0. The summed E-state index contributed by atoms with van der Waals surface area (Å²) in [6.07, 6.45) is 92.1. The first-order valence-electron chi connectivity index (χ1n) is 33.0. The molecule has 0 saturated heterocycles. The van der Waals surface area contributed by atoms with Gasteiger partial charge in [-0.15, -0.1) is 0 Å². The Hall–Kier alpha value is -4.19. The second-order valence-electron chi connectivity index (χ2n) is 21.6. The van der Waals surface area contributed by atoms with Gasteiger partial charge in [0.25, 0.3) is 0 Å². The average Bonchev–Trinajstić information content (AvgIpc) is 3.45. The number of hydrogen-bond donors (Lipinski definition) is 0. The van der Waals surface area contributed by atoms with E-state index < -0.39 is 6.10 Å². The minimum atomic E-state index is -0.790. The number of esters is 3. The van der Waals surface area contributed by atoms with Crippen molar-refractivity contribution >= 4 is 17.9 Å². The molecule has 0 saturated carbocycles. The van der Waals surface area contributed by atoms with Gasteiger partial charge in [0.1, 0.15) is 13.2 Å². The molecule has 6 nitrogen and oxygen atoms in total. The number of carbonyl (C=O) groups is 3. The highest BCUT2D eigenvalue weighted by Crippen LogP contribution is 2.16. The molecule has 0 spiro atoms. The molecule has 0 heterocycles. The molecule has 0 amide bonds. The Kier molecular flexibility index (Phi) is 62.8. The SMILES string of the molecule is CC/C=C\C/C=C\C/C=C\C/C=C\C/C=C\C/C=C\C/C=C\C/C=C\CCCCCCCCCCC(=O)OCC(COC(=O)CCCCCCCCCCCCCCC)OC(=O)CCCCCCC/C=C\C/C=C\CCCCC. The molecule has 0 radical (unpaired) electrons. The molecular formula is C73H122O6. The van der Waals surface area contributed by atoms with Gasteiger partial charge in [0.15, 0.2) is 6.10 Å². The van der Waals surface area contributed by atoms with Gasteiger partial charge in [0.2, 0.25) is 0 Å². The molecule has 0 aromatic carbocycles. The van der Waals surface area contributed by atoms with Crippen LogP contribution in [-0.2, 0) is 28.6 Å². The van der Waals surface area contributed by atoms with E-state index in [1.165, 1.54) is 122 Å². The fourth-order valence-corrected chi connectivity index (χ4v) is 9.02. The third-order valence-electron chi connectivity index (χ3n) is 14.0. The molecule has 0 aliphatic heterocycles. The number of hydrogen-bond acceptors (Lipinski definition) is 6. The number of rotatable bonds is 59. The van der Waals surface area contributed by atoms with Gasteiger partial charge in [-0.25, -0.2) is 0 Å². The number of carbonyl (C=O) groups excluding carboxylic acids is 3. The van der Waals surface area contributed by atoms with Crippen LogP contribution in [0.5, 0.6) is 0 Å². The van der Waals surface area contributed by atoms with Crippen LogP contribution in [0.25, 0.3) is 0 Å². The summed E-state index contributed by atoms with van der Waals surface area (Å²) in [5.74, 6) is -0.901. The summed E-state index contributed by atoms with van der Waals surface area (Å²) in [6, 6.07) is 0. The average molecular weight is 1100 g/mol. The maximum absolute atomic E-state index is 12.9. The van der Waals surface area contributed by atoms with E-state index in [9.17, 15) is 14.4 Å².